The molecule has 0 fully saturated rings. The molecule has 0 amide bonds. The minimum Gasteiger partial charge on any atom is -0.513 e. The van der Waals surface area contributed by atoms with Gasteiger partial charge in [-0.2, -0.15) is 0 Å². The topological polar surface area (TPSA) is 20.2 Å². The standard InChI is InChI=1S/C5H9ClO/c1-4(3-6)5(2)7/h7H,3H2,1-2H3. The van der Waals surface area contributed by atoms with Gasteiger partial charge in [0.1, 0.15) is 0 Å². The van der Waals surface area contributed by atoms with Crippen LogP contribution < -0.4 is 0 Å². The van der Waals surface area contributed by atoms with Crippen LogP contribution in [0, 0.1) is 0 Å². The van der Waals surface area contributed by atoms with Gasteiger partial charge in [-0.15, -0.1) is 11.6 Å². The Balaban J connectivity index is 3.72. The van der Waals surface area contributed by atoms with Crippen LogP contribution in [0.4, 0.5) is 0 Å². The van der Waals surface area contributed by atoms with Gasteiger partial charge in [0.05, 0.1) is 5.76 Å². The van der Waals surface area contributed by atoms with E-state index in [4.69, 9.17) is 16.7 Å². The van der Waals surface area contributed by atoms with E-state index in [1.165, 1.54) is 0 Å². The number of rotatable bonds is 1. The Morgan fingerprint density at radius 3 is 2.00 bits per heavy atom. The van der Waals surface area contributed by atoms with E-state index in [9.17, 15) is 0 Å². The maximum absolute atomic E-state index is 8.62. The zero-order valence-corrected chi connectivity index (χ0v) is 5.29. The molecule has 0 unspecified atom stereocenters. The summed E-state index contributed by atoms with van der Waals surface area (Å²) in [5.41, 5.74) is 0.835. The molecule has 2 heteroatoms. The molecular weight excluding hydrogens is 112 g/mol. The molecule has 1 nitrogen and oxygen atoms in total. The normalized spacial score (nSPS) is 13.6. The molecule has 0 aliphatic carbocycles. The highest BCUT2D eigenvalue weighted by Gasteiger charge is 1.87. The van der Waals surface area contributed by atoms with Gasteiger partial charge in [-0.3, -0.25) is 0 Å². The van der Waals surface area contributed by atoms with Gasteiger partial charge in [0.15, 0.2) is 0 Å². The lowest BCUT2D eigenvalue weighted by Gasteiger charge is -1.91. The summed E-state index contributed by atoms with van der Waals surface area (Å²) in [5.74, 6) is 0.748. The van der Waals surface area contributed by atoms with Gasteiger partial charge in [-0.25, -0.2) is 0 Å². The zero-order valence-electron chi connectivity index (χ0n) is 4.53. The fourth-order valence-corrected chi connectivity index (χ4v) is 0.290. The summed E-state index contributed by atoms with van der Waals surface area (Å²) < 4.78 is 0. The molecule has 0 rings (SSSR count). The van der Waals surface area contributed by atoms with Gasteiger partial charge in [0.25, 0.3) is 0 Å². The first-order valence-corrected chi connectivity index (χ1v) is 2.63. The molecule has 0 atom stereocenters. The van der Waals surface area contributed by atoms with Crippen LogP contribution >= 0.6 is 11.6 Å². The van der Waals surface area contributed by atoms with E-state index >= 15 is 0 Å². The van der Waals surface area contributed by atoms with E-state index in [-0.39, 0.29) is 0 Å². The van der Waals surface area contributed by atoms with E-state index < -0.39 is 0 Å². The number of aliphatic hydroxyl groups excluding tert-OH is 1. The van der Waals surface area contributed by atoms with Gasteiger partial charge in [0.2, 0.25) is 0 Å². The third-order valence-corrected chi connectivity index (χ3v) is 1.22. The van der Waals surface area contributed by atoms with Crippen molar-refractivity contribution in [3.8, 4) is 0 Å². The number of hydrogen-bond donors (Lipinski definition) is 1. The number of allylic oxidation sites excluding steroid dienone is 2. The Labute approximate surface area is 48.6 Å². The largest absolute Gasteiger partial charge is 0.513 e. The number of hydrogen-bond acceptors (Lipinski definition) is 1. The van der Waals surface area contributed by atoms with Crippen LogP contribution in [0.25, 0.3) is 0 Å². The molecule has 1 N–H and O–H groups in total. The predicted molar refractivity (Wildman–Crippen MR) is 31.7 cm³/mol. The molecule has 0 aromatic carbocycles. The van der Waals surface area contributed by atoms with Crippen molar-refractivity contribution >= 4 is 11.6 Å². The second-order valence-corrected chi connectivity index (χ2v) is 1.77. The van der Waals surface area contributed by atoms with Crippen molar-refractivity contribution in [3.63, 3.8) is 0 Å². The average molecular weight is 121 g/mol. The monoisotopic (exact) mass is 120 g/mol. The van der Waals surface area contributed by atoms with Crippen LogP contribution in [-0.2, 0) is 0 Å². The summed E-state index contributed by atoms with van der Waals surface area (Å²) >= 11 is 5.33. The van der Waals surface area contributed by atoms with Crippen molar-refractivity contribution in [1.82, 2.24) is 0 Å². The molecule has 0 saturated carbocycles. The van der Waals surface area contributed by atoms with Crippen LogP contribution in [0.1, 0.15) is 13.8 Å². The highest BCUT2D eigenvalue weighted by Crippen LogP contribution is 1.99. The highest BCUT2D eigenvalue weighted by molar-refractivity contribution is 6.19. The lowest BCUT2D eigenvalue weighted by atomic mass is 10.3. The third kappa shape index (κ3) is 2.52. The Hall–Kier alpha value is -0.170. The molecule has 0 saturated heterocycles. The lowest BCUT2D eigenvalue weighted by Crippen LogP contribution is -1.81. The maximum Gasteiger partial charge on any atom is 0.0892 e. The van der Waals surface area contributed by atoms with Crippen LogP contribution in [-0.4, -0.2) is 11.0 Å². The van der Waals surface area contributed by atoms with Crippen LogP contribution in [0.3, 0.4) is 0 Å². The Morgan fingerprint density at radius 1 is 1.57 bits per heavy atom. The first kappa shape index (κ1) is 6.83. The summed E-state index contributed by atoms with van der Waals surface area (Å²) in [6.45, 7) is 3.42. The summed E-state index contributed by atoms with van der Waals surface area (Å²) in [6.07, 6.45) is 0. The summed E-state index contributed by atoms with van der Waals surface area (Å²) in [5, 5.41) is 8.62. The highest BCUT2D eigenvalue weighted by atomic mass is 35.5. The predicted octanol–water partition coefficient (Wildman–Crippen LogP) is 2.08. The first-order valence-electron chi connectivity index (χ1n) is 2.09. The molecule has 0 aliphatic rings. The lowest BCUT2D eigenvalue weighted by molar-refractivity contribution is 0.407. The van der Waals surface area contributed by atoms with Gasteiger partial charge in [0, 0.05) is 5.88 Å². The molecule has 0 spiro atoms. The third-order valence-electron chi connectivity index (χ3n) is 0.818. The Bertz CT molecular complexity index is 82.1. The van der Waals surface area contributed by atoms with Gasteiger partial charge < -0.3 is 5.11 Å². The van der Waals surface area contributed by atoms with Crippen molar-refractivity contribution in [2.75, 3.05) is 5.88 Å². The average Bonchev–Trinajstić information content (AvgIpc) is 1.65. The summed E-state index contributed by atoms with van der Waals surface area (Å²) in [7, 11) is 0. The number of halogens is 1. The van der Waals surface area contributed by atoms with Crippen molar-refractivity contribution in [1.29, 1.82) is 0 Å². The van der Waals surface area contributed by atoms with Gasteiger partial charge >= 0.3 is 0 Å². The van der Waals surface area contributed by atoms with Crippen LogP contribution in [0.15, 0.2) is 11.3 Å². The second-order valence-electron chi connectivity index (χ2n) is 1.50. The minimum absolute atomic E-state index is 0.329. The molecule has 7 heavy (non-hydrogen) atoms. The van der Waals surface area contributed by atoms with Gasteiger partial charge in [-0.1, -0.05) is 0 Å². The fraction of sp³-hybridized carbons (Fsp3) is 0.600. The smallest absolute Gasteiger partial charge is 0.0892 e. The quantitative estimate of drug-likeness (QED) is 0.415. The Morgan fingerprint density at radius 2 is 2.00 bits per heavy atom. The van der Waals surface area contributed by atoms with E-state index in [1.54, 1.807) is 13.8 Å². The number of aliphatic hydroxyl groups is 1. The SMILES string of the molecule is CC(O)=C(C)CCl. The fourth-order valence-electron chi connectivity index (χ4n) is 0.0967. The molecule has 0 heterocycles. The van der Waals surface area contributed by atoms with Crippen LogP contribution in [0.5, 0.6) is 0 Å². The van der Waals surface area contributed by atoms with Crippen LogP contribution in [0.2, 0.25) is 0 Å². The molecule has 0 aromatic heterocycles. The van der Waals surface area contributed by atoms with E-state index in [1.807, 2.05) is 0 Å². The molecule has 42 valence electrons. The van der Waals surface area contributed by atoms with Crippen molar-refractivity contribution in [2.24, 2.45) is 0 Å². The van der Waals surface area contributed by atoms with Crippen molar-refractivity contribution < 1.29 is 5.11 Å². The summed E-state index contributed by atoms with van der Waals surface area (Å²) in [6, 6.07) is 0. The van der Waals surface area contributed by atoms with Crippen molar-refractivity contribution in [3.05, 3.63) is 11.3 Å². The van der Waals surface area contributed by atoms with E-state index in [0.717, 1.165) is 5.57 Å². The number of alkyl halides is 1. The molecule has 0 aliphatic heterocycles. The maximum atomic E-state index is 8.62. The molecule has 0 aromatic rings. The van der Waals surface area contributed by atoms with E-state index in [2.05, 4.69) is 0 Å². The van der Waals surface area contributed by atoms with Crippen molar-refractivity contribution in [2.45, 2.75) is 13.8 Å². The first-order chi connectivity index (χ1) is 3.18. The summed E-state index contributed by atoms with van der Waals surface area (Å²) in [4.78, 5) is 0. The van der Waals surface area contributed by atoms with Gasteiger partial charge in [-0.05, 0) is 19.4 Å². The minimum atomic E-state index is 0.329. The molecule has 0 radical (unpaired) electrons. The zero-order chi connectivity index (χ0) is 5.86. The molecule has 0 bridgehead atoms. The van der Waals surface area contributed by atoms with E-state index in [0.29, 0.717) is 11.6 Å². The second kappa shape index (κ2) is 2.92. The molecular formula is C5H9ClO. The Kier molecular flexibility index (Phi) is 2.84.